The first-order valence-corrected chi connectivity index (χ1v) is 12.8. The Bertz CT molecular complexity index is 1590. The molecule has 0 bridgehead atoms. The Morgan fingerprint density at radius 3 is 2.46 bits per heavy atom. The Labute approximate surface area is 218 Å². The van der Waals surface area contributed by atoms with Crippen LogP contribution in [0, 0.1) is 6.92 Å². The van der Waals surface area contributed by atoms with Crippen molar-refractivity contribution in [3.63, 3.8) is 0 Å². The first-order valence-electron chi connectivity index (χ1n) is 11.8. The van der Waals surface area contributed by atoms with E-state index in [2.05, 4.69) is 10.3 Å². The van der Waals surface area contributed by atoms with E-state index in [9.17, 15) is 9.59 Å². The molecule has 7 nitrogen and oxygen atoms in total. The molecule has 2 aromatic heterocycles. The summed E-state index contributed by atoms with van der Waals surface area (Å²) in [6.45, 7) is 2.46. The Hall–Kier alpha value is -4.30. The van der Waals surface area contributed by atoms with Crippen LogP contribution in [0.15, 0.2) is 95.0 Å². The molecule has 0 saturated heterocycles. The molecule has 37 heavy (non-hydrogen) atoms. The van der Waals surface area contributed by atoms with Crippen molar-refractivity contribution in [2.45, 2.75) is 18.6 Å². The summed E-state index contributed by atoms with van der Waals surface area (Å²) in [5.41, 5.74) is 5.36. The summed E-state index contributed by atoms with van der Waals surface area (Å²) in [6.07, 6.45) is 1.80. The van der Waals surface area contributed by atoms with Gasteiger partial charge in [0.1, 0.15) is 16.8 Å². The lowest BCUT2D eigenvalue weighted by Gasteiger charge is -2.13. The van der Waals surface area contributed by atoms with Gasteiger partial charge in [0, 0.05) is 18.3 Å². The third-order valence-corrected chi connectivity index (χ3v) is 6.97. The minimum Gasteiger partial charge on any atom is -0.497 e. The van der Waals surface area contributed by atoms with Crippen LogP contribution in [0.25, 0.3) is 27.8 Å². The van der Waals surface area contributed by atoms with Gasteiger partial charge in [-0.2, -0.15) is 0 Å². The van der Waals surface area contributed by atoms with Crippen molar-refractivity contribution in [3.8, 4) is 22.6 Å². The van der Waals surface area contributed by atoms with Crippen LogP contribution in [0.1, 0.15) is 11.1 Å². The predicted octanol–water partition coefficient (Wildman–Crippen LogP) is 5.11. The minimum atomic E-state index is -0.236. The average Bonchev–Trinajstić information content (AvgIpc) is 3.36. The van der Waals surface area contributed by atoms with Gasteiger partial charge in [-0.1, -0.05) is 71.9 Å². The smallest absolute Gasteiger partial charge is 0.283 e. The summed E-state index contributed by atoms with van der Waals surface area (Å²) in [4.78, 5) is 34.4. The second kappa shape index (κ2) is 10.8. The van der Waals surface area contributed by atoms with Crippen molar-refractivity contribution in [2.24, 2.45) is 0 Å². The number of ether oxygens (including phenoxy) is 1. The Morgan fingerprint density at radius 1 is 1.03 bits per heavy atom. The van der Waals surface area contributed by atoms with Crippen molar-refractivity contribution < 1.29 is 9.53 Å². The normalized spacial score (nSPS) is 11.0. The lowest BCUT2D eigenvalue weighted by molar-refractivity contribution is -0.118. The Morgan fingerprint density at radius 2 is 1.76 bits per heavy atom. The Kier molecular flexibility index (Phi) is 7.09. The van der Waals surface area contributed by atoms with Gasteiger partial charge in [0.15, 0.2) is 5.16 Å². The predicted molar refractivity (Wildman–Crippen MR) is 147 cm³/mol. The van der Waals surface area contributed by atoms with Gasteiger partial charge in [0.05, 0.1) is 18.6 Å². The number of hydrogen-bond donors (Lipinski definition) is 2. The number of aryl methyl sites for hydroxylation is 1. The van der Waals surface area contributed by atoms with E-state index in [0.717, 1.165) is 16.7 Å². The minimum absolute atomic E-state index is 0.116. The summed E-state index contributed by atoms with van der Waals surface area (Å²) in [5, 5.41) is 3.38. The molecule has 3 aromatic carbocycles. The largest absolute Gasteiger partial charge is 0.497 e. The first-order chi connectivity index (χ1) is 18.0. The highest BCUT2D eigenvalue weighted by Gasteiger charge is 2.19. The second-order valence-electron chi connectivity index (χ2n) is 8.58. The van der Waals surface area contributed by atoms with Crippen molar-refractivity contribution in [1.82, 2.24) is 19.9 Å². The molecule has 0 aliphatic heterocycles. The average molecular weight is 511 g/mol. The third kappa shape index (κ3) is 5.29. The molecule has 8 heteroatoms. The molecule has 5 rings (SSSR count). The van der Waals surface area contributed by atoms with Crippen molar-refractivity contribution in [3.05, 3.63) is 107 Å². The third-order valence-electron chi connectivity index (χ3n) is 6.03. The number of nitrogens with one attached hydrogen (secondary N) is 2. The molecule has 2 N–H and O–H groups in total. The van der Waals surface area contributed by atoms with E-state index in [0.29, 0.717) is 34.2 Å². The fourth-order valence-corrected chi connectivity index (χ4v) is 4.86. The maximum Gasteiger partial charge on any atom is 0.283 e. The molecule has 0 atom stereocenters. The van der Waals surface area contributed by atoms with Crippen molar-refractivity contribution >= 4 is 28.7 Å². The SMILES string of the molecule is COc1ccc(-n2c(SCC(=O)NCc3ccc(C)cc3)nc3c(-c4ccccc4)c[nH]c3c2=O)cc1. The van der Waals surface area contributed by atoms with E-state index in [1.165, 1.54) is 21.9 Å². The molecule has 2 heterocycles. The Balaban J connectivity index is 1.48. The second-order valence-corrected chi connectivity index (χ2v) is 9.52. The zero-order valence-corrected chi connectivity index (χ0v) is 21.3. The topological polar surface area (TPSA) is 89.0 Å². The number of aromatic amines is 1. The highest BCUT2D eigenvalue weighted by atomic mass is 32.2. The van der Waals surface area contributed by atoms with E-state index in [4.69, 9.17) is 9.72 Å². The number of methoxy groups -OCH3 is 1. The van der Waals surface area contributed by atoms with Crippen LogP contribution in [0.5, 0.6) is 5.75 Å². The highest BCUT2D eigenvalue weighted by molar-refractivity contribution is 7.99. The lowest BCUT2D eigenvalue weighted by atomic mass is 10.1. The van der Waals surface area contributed by atoms with Crippen LogP contribution in [0.3, 0.4) is 0 Å². The molecule has 5 aromatic rings. The number of nitrogens with zero attached hydrogens (tertiary/aromatic N) is 2. The number of rotatable bonds is 8. The van der Waals surface area contributed by atoms with Gasteiger partial charge in [-0.3, -0.25) is 14.2 Å². The quantitative estimate of drug-likeness (QED) is 0.224. The van der Waals surface area contributed by atoms with E-state index in [1.54, 1.807) is 37.6 Å². The number of aromatic nitrogens is 3. The van der Waals surface area contributed by atoms with Crippen LogP contribution >= 0.6 is 11.8 Å². The van der Waals surface area contributed by atoms with Crippen molar-refractivity contribution in [2.75, 3.05) is 12.9 Å². The number of hydrogen-bond acceptors (Lipinski definition) is 5. The van der Waals surface area contributed by atoms with E-state index in [1.807, 2.05) is 61.5 Å². The van der Waals surface area contributed by atoms with Gasteiger partial charge in [-0.15, -0.1) is 0 Å². The first kappa shape index (κ1) is 24.4. The van der Waals surface area contributed by atoms with Crippen molar-refractivity contribution in [1.29, 1.82) is 0 Å². The van der Waals surface area contributed by atoms with Gasteiger partial charge >= 0.3 is 0 Å². The van der Waals surface area contributed by atoms with Gasteiger partial charge < -0.3 is 15.0 Å². The number of amides is 1. The maximum atomic E-state index is 13.7. The highest BCUT2D eigenvalue weighted by Crippen LogP contribution is 2.29. The van der Waals surface area contributed by atoms with Crippen LogP contribution < -0.4 is 15.6 Å². The molecule has 0 radical (unpaired) electrons. The monoisotopic (exact) mass is 510 g/mol. The fraction of sp³-hybridized carbons (Fsp3) is 0.138. The molecule has 0 unspecified atom stereocenters. The molecular formula is C29H26N4O3S. The van der Waals surface area contributed by atoms with Gasteiger partial charge in [-0.25, -0.2) is 4.98 Å². The number of benzene rings is 3. The number of thioether (sulfide) groups is 1. The summed E-state index contributed by atoms with van der Waals surface area (Å²) in [7, 11) is 1.59. The molecular weight excluding hydrogens is 484 g/mol. The van der Waals surface area contributed by atoms with Crippen LogP contribution in [-0.2, 0) is 11.3 Å². The number of carbonyl (C=O) groups is 1. The molecule has 0 fully saturated rings. The standard InChI is InChI=1S/C29H26N4O3S/c1-19-8-10-20(11-9-19)16-30-25(34)18-37-29-32-26-24(21-6-4-3-5-7-21)17-31-27(26)28(35)33(29)22-12-14-23(36-2)15-13-22/h3-15,17,31H,16,18H2,1-2H3,(H,30,34). The summed E-state index contributed by atoms with van der Waals surface area (Å²) in [5.74, 6) is 0.658. The van der Waals surface area contributed by atoms with Gasteiger partial charge in [0.25, 0.3) is 5.56 Å². The van der Waals surface area contributed by atoms with Crippen LogP contribution in [0.2, 0.25) is 0 Å². The zero-order chi connectivity index (χ0) is 25.8. The lowest BCUT2D eigenvalue weighted by Crippen LogP contribution is -2.26. The van der Waals surface area contributed by atoms with E-state index < -0.39 is 0 Å². The maximum absolute atomic E-state index is 13.7. The molecule has 1 amide bonds. The fourth-order valence-electron chi connectivity index (χ4n) is 4.02. The molecule has 0 saturated carbocycles. The molecule has 0 spiro atoms. The van der Waals surface area contributed by atoms with Crippen LogP contribution in [0.4, 0.5) is 0 Å². The molecule has 0 aliphatic carbocycles. The van der Waals surface area contributed by atoms with Gasteiger partial charge in [-0.05, 0) is 42.3 Å². The summed E-state index contributed by atoms with van der Waals surface area (Å²) < 4.78 is 6.80. The number of carbonyl (C=O) groups excluding carboxylic acids is 1. The zero-order valence-electron chi connectivity index (χ0n) is 20.5. The van der Waals surface area contributed by atoms with Gasteiger partial charge in [0.2, 0.25) is 5.91 Å². The molecule has 186 valence electrons. The summed E-state index contributed by atoms with van der Waals surface area (Å²) >= 11 is 1.23. The number of fused-ring (bicyclic) bond motifs is 1. The van der Waals surface area contributed by atoms with E-state index >= 15 is 0 Å². The summed E-state index contributed by atoms with van der Waals surface area (Å²) in [6, 6.07) is 25.0. The number of H-pyrrole nitrogens is 1. The van der Waals surface area contributed by atoms with Crippen LogP contribution in [-0.4, -0.2) is 33.3 Å². The van der Waals surface area contributed by atoms with E-state index in [-0.39, 0.29) is 17.2 Å². The molecule has 0 aliphatic rings.